The summed E-state index contributed by atoms with van der Waals surface area (Å²) in [6.07, 6.45) is 17.7. The summed E-state index contributed by atoms with van der Waals surface area (Å²) in [4.78, 5) is 25.6. The fourth-order valence-electron chi connectivity index (χ4n) is 7.31. The lowest BCUT2D eigenvalue weighted by Crippen LogP contribution is -2.50. The van der Waals surface area contributed by atoms with Crippen molar-refractivity contribution in [2.45, 2.75) is 210 Å². The summed E-state index contributed by atoms with van der Waals surface area (Å²) in [5, 5.41) is 0. The van der Waals surface area contributed by atoms with Crippen molar-refractivity contribution in [3.63, 3.8) is 0 Å². The van der Waals surface area contributed by atoms with E-state index in [9.17, 15) is 9.59 Å². The minimum absolute atomic E-state index is 0. The Morgan fingerprint density at radius 2 is 0.735 bits per heavy atom. The van der Waals surface area contributed by atoms with Gasteiger partial charge in [0.05, 0.1) is 0 Å². The lowest BCUT2D eigenvalue weighted by Gasteiger charge is -2.40. The van der Waals surface area contributed by atoms with Gasteiger partial charge in [-0.15, -0.1) is 0 Å². The fraction of sp³-hybridized carbons (Fsp3) is 0.872. The maximum atomic E-state index is 12.8. The zero-order valence-corrected chi connectivity index (χ0v) is 26.4. The molecule has 5 aliphatic carbocycles. The average Bonchev–Trinajstić information content (AvgIpc) is 3.71. The Morgan fingerprint density at radius 1 is 0.490 bits per heavy atom. The molecule has 2 nitrogen and oxygen atoms in total. The number of carbonyl (C=O) groups is 2. The Kier molecular flexibility index (Phi) is 68.8. The number of allylic oxidation sites excluding steroid dienone is 4. The molecule has 0 aromatic heterocycles. The molecule has 0 aliphatic heterocycles. The molecular formula is C47H110O2. The molecule has 3 fully saturated rings. The van der Waals surface area contributed by atoms with Gasteiger partial charge in [0.15, 0.2) is 0 Å². The van der Waals surface area contributed by atoms with Crippen molar-refractivity contribution in [2.75, 3.05) is 0 Å². The van der Waals surface area contributed by atoms with Gasteiger partial charge in [-0.2, -0.15) is 0 Å². The van der Waals surface area contributed by atoms with Crippen LogP contribution in [0.3, 0.4) is 0 Å². The molecule has 0 aromatic rings. The normalized spacial score (nSPS) is 26.1. The Hall–Kier alpha value is -1.18. The number of Topliss-reactive ketones (excluding diaryl/α,β-unsaturated/α-hetero) is 2. The van der Waals surface area contributed by atoms with Gasteiger partial charge >= 0.3 is 0 Å². The molecule has 310 valence electrons. The van der Waals surface area contributed by atoms with Crippen molar-refractivity contribution in [1.29, 1.82) is 0 Å². The van der Waals surface area contributed by atoms with Gasteiger partial charge < -0.3 is 0 Å². The summed E-state index contributed by atoms with van der Waals surface area (Å²) in [7, 11) is 0. The summed E-state index contributed by atoms with van der Waals surface area (Å²) in [6.45, 7) is 23.9. The molecule has 0 N–H and O–H groups in total. The highest BCUT2D eigenvalue weighted by molar-refractivity contribution is 6.02. The fourth-order valence-corrected chi connectivity index (χ4v) is 7.31. The van der Waals surface area contributed by atoms with Crippen molar-refractivity contribution in [2.24, 2.45) is 65.1 Å². The van der Waals surface area contributed by atoms with Gasteiger partial charge in [-0.05, 0) is 60.7 Å². The summed E-state index contributed by atoms with van der Waals surface area (Å²) in [6, 6.07) is 0. The van der Waals surface area contributed by atoms with Crippen LogP contribution in [0.2, 0.25) is 0 Å². The number of ketones is 2. The van der Waals surface area contributed by atoms with Crippen LogP contribution in [0.5, 0.6) is 0 Å². The van der Waals surface area contributed by atoms with Crippen LogP contribution in [0.25, 0.3) is 0 Å². The SMILES string of the molecule is C.C.C.C.C.C.C.C.C.C.C.C.CC.CC.CCC(C)CC(C)C.CCCC(C)CC.O=C1C2C3C=CC(C3)C2C(=O)C2C3C=CC(C3)C12. The number of hydrogen-bond acceptors (Lipinski definition) is 2. The molecule has 49 heavy (non-hydrogen) atoms. The van der Waals surface area contributed by atoms with Gasteiger partial charge in [-0.3, -0.25) is 9.59 Å². The number of rotatable bonds is 6. The van der Waals surface area contributed by atoms with E-state index in [4.69, 9.17) is 0 Å². The van der Waals surface area contributed by atoms with Crippen LogP contribution in [-0.4, -0.2) is 11.6 Å². The Bertz CT molecular complexity index is 644. The Labute approximate surface area is 320 Å². The highest BCUT2D eigenvalue weighted by atomic mass is 16.1. The van der Waals surface area contributed by atoms with Crippen LogP contribution in [-0.2, 0) is 9.59 Å². The second-order valence-electron chi connectivity index (χ2n) is 12.2. The highest BCUT2D eigenvalue weighted by Gasteiger charge is 2.63. The average molecular weight is 707 g/mol. The summed E-state index contributed by atoms with van der Waals surface area (Å²) < 4.78 is 0. The van der Waals surface area contributed by atoms with Crippen LogP contribution >= 0.6 is 0 Å². The van der Waals surface area contributed by atoms with E-state index in [1.165, 1.54) is 32.1 Å². The molecule has 5 aliphatic rings. The zero-order chi connectivity index (χ0) is 28.3. The van der Waals surface area contributed by atoms with E-state index in [2.05, 4.69) is 72.8 Å². The predicted octanol–water partition coefficient (Wildman–Crippen LogP) is 17.6. The molecule has 0 saturated heterocycles. The first-order chi connectivity index (χ1) is 17.7. The molecule has 5 rings (SSSR count). The van der Waals surface area contributed by atoms with E-state index in [1.807, 2.05) is 27.7 Å². The van der Waals surface area contributed by atoms with E-state index in [-0.39, 0.29) is 113 Å². The van der Waals surface area contributed by atoms with Crippen LogP contribution < -0.4 is 0 Å². The second kappa shape index (κ2) is 41.2. The molecule has 2 heteroatoms. The van der Waals surface area contributed by atoms with Crippen molar-refractivity contribution in [3.05, 3.63) is 24.3 Å². The largest absolute Gasteiger partial charge is 0.299 e. The third kappa shape index (κ3) is 20.4. The summed E-state index contributed by atoms with van der Waals surface area (Å²) in [5.74, 6) is 5.29. The third-order valence-electron chi connectivity index (χ3n) is 9.28. The number of carbonyl (C=O) groups excluding carboxylic acids is 2. The van der Waals surface area contributed by atoms with Crippen LogP contribution in [0.1, 0.15) is 210 Å². The van der Waals surface area contributed by atoms with E-state index < -0.39 is 0 Å². The quantitative estimate of drug-likeness (QED) is 0.258. The molecule has 0 aromatic carbocycles. The molecule has 10 unspecified atom stereocenters. The van der Waals surface area contributed by atoms with Gasteiger partial charge in [0, 0.05) is 23.7 Å². The maximum Gasteiger partial charge on any atom is 0.141 e. The minimum atomic E-state index is 0. The summed E-state index contributed by atoms with van der Waals surface area (Å²) in [5.41, 5.74) is 0. The first kappa shape index (κ1) is 81.7. The smallest absolute Gasteiger partial charge is 0.141 e. The maximum absolute atomic E-state index is 12.8. The second-order valence-corrected chi connectivity index (χ2v) is 12.2. The number of hydrogen-bond donors (Lipinski definition) is 0. The van der Waals surface area contributed by atoms with Gasteiger partial charge in [0.25, 0.3) is 0 Å². The first-order valence-corrected chi connectivity index (χ1v) is 16.2. The molecule has 0 heterocycles. The molecule has 0 spiro atoms. The van der Waals surface area contributed by atoms with Gasteiger partial charge in [-0.1, -0.05) is 215 Å². The predicted molar refractivity (Wildman–Crippen MR) is 242 cm³/mol. The topological polar surface area (TPSA) is 34.1 Å². The van der Waals surface area contributed by atoms with Crippen molar-refractivity contribution < 1.29 is 9.59 Å². The van der Waals surface area contributed by atoms with Crippen molar-refractivity contribution in [1.82, 2.24) is 0 Å². The van der Waals surface area contributed by atoms with E-state index in [0.717, 1.165) is 30.6 Å². The molecule has 0 radical (unpaired) electrons. The monoisotopic (exact) mass is 707 g/mol. The lowest BCUT2D eigenvalue weighted by molar-refractivity contribution is -0.148. The van der Waals surface area contributed by atoms with Crippen molar-refractivity contribution in [3.8, 4) is 0 Å². The van der Waals surface area contributed by atoms with E-state index in [1.54, 1.807) is 0 Å². The first-order valence-electron chi connectivity index (χ1n) is 16.2. The number of fused-ring (bicyclic) bond motifs is 10. The molecular weight excluding hydrogens is 597 g/mol. The highest BCUT2D eigenvalue weighted by Crippen LogP contribution is 2.60. The Balaban J connectivity index is -0.0000000394. The van der Waals surface area contributed by atoms with Crippen LogP contribution in [0.15, 0.2) is 24.3 Å². The minimum Gasteiger partial charge on any atom is -0.299 e. The van der Waals surface area contributed by atoms with Crippen molar-refractivity contribution >= 4 is 11.6 Å². The molecule has 3 saturated carbocycles. The van der Waals surface area contributed by atoms with E-state index >= 15 is 0 Å². The van der Waals surface area contributed by atoms with E-state index in [0.29, 0.717) is 35.2 Å². The van der Waals surface area contributed by atoms with Crippen LogP contribution in [0.4, 0.5) is 0 Å². The Morgan fingerprint density at radius 3 is 0.878 bits per heavy atom. The zero-order valence-electron chi connectivity index (χ0n) is 26.4. The van der Waals surface area contributed by atoms with Gasteiger partial charge in [0.1, 0.15) is 11.6 Å². The van der Waals surface area contributed by atoms with Gasteiger partial charge in [-0.25, -0.2) is 0 Å². The molecule has 10 atom stereocenters. The lowest BCUT2D eigenvalue weighted by atomic mass is 9.60. The molecule has 0 amide bonds. The standard InChI is InChI=1S/C16H16O2.C8H18.C7H16.2C2H6.12CH4/c17-15-11-7-1-2-8(5-7)12(11)16(18)14-10-4-3-9(6-10)13(14)15;1-5-8(4)6-7(2)3;1-4-6-7(3)5-2;2*1-2;;;;;;;;;;;;/h1-4,7-14H,5-6H2;7-8H,5-6H2,1-4H3;7H,4-6H2,1-3H3;2*1-2H3;12*1H4. The van der Waals surface area contributed by atoms with Gasteiger partial charge in [0.2, 0.25) is 0 Å². The third-order valence-corrected chi connectivity index (χ3v) is 9.28. The molecule has 4 bridgehead atoms. The summed E-state index contributed by atoms with van der Waals surface area (Å²) >= 11 is 0. The van der Waals surface area contributed by atoms with Crippen LogP contribution in [0, 0.1) is 65.1 Å².